The number of nitrogens with one attached hydrogen (secondary N) is 1. The minimum absolute atomic E-state index is 0.138. The zero-order chi connectivity index (χ0) is 32.1. The highest BCUT2D eigenvalue weighted by Crippen LogP contribution is 2.38. The fourth-order valence-corrected chi connectivity index (χ4v) is 5.88. The van der Waals surface area contributed by atoms with Gasteiger partial charge in [-0.25, -0.2) is 13.2 Å². The van der Waals surface area contributed by atoms with Gasteiger partial charge >= 0.3 is 18.8 Å². The minimum atomic E-state index is -5.08. The van der Waals surface area contributed by atoms with Crippen LogP contribution in [-0.2, 0) is 29.2 Å². The molecule has 0 aromatic heterocycles. The van der Waals surface area contributed by atoms with Crippen LogP contribution in [0.15, 0.2) is 23.1 Å². The Hall–Kier alpha value is -3.58. The van der Waals surface area contributed by atoms with Crippen molar-refractivity contribution in [3.05, 3.63) is 18.2 Å². The highest BCUT2D eigenvalue weighted by molar-refractivity contribution is 7.89. The smallest absolute Gasteiger partial charge is 0.475 e. The predicted molar refractivity (Wildman–Crippen MR) is 137 cm³/mol. The first-order valence-electron chi connectivity index (χ1n) is 13.1. The molecule has 1 aromatic carbocycles. The third-order valence-electron chi connectivity index (χ3n) is 6.80. The van der Waals surface area contributed by atoms with E-state index in [2.05, 4.69) is 9.64 Å². The highest BCUT2D eigenvalue weighted by Gasteiger charge is 2.39. The molecule has 2 heterocycles. The first-order valence-corrected chi connectivity index (χ1v) is 14.5. The molecule has 1 aliphatic carbocycles. The third-order valence-corrected chi connectivity index (χ3v) is 8.25. The second-order valence-electron chi connectivity index (χ2n) is 9.84. The molecule has 0 bridgehead atoms. The van der Waals surface area contributed by atoms with Crippen molar-refractivity contribution in [3.63, 3.8) is 0 Å². The van der Waals surface area contributed by atoms with Gasteiger partial charge in [0.1, 0.15) is 4.90 Å². The standard InChI is InChI=1S/C22H29F2N5O6S.C2HF3O2/c23-22(24)35-19-15(29-9-2-1-6-17(29)30)4-3-5-16(19)36(33,34)26-18(20(25)31)21(32)28-12-10-27(11-13-28)14-7-8-14;3-2(4,5)1(6)7/h3-5,14,18,22,26H,1-2,6-13H2,(H2,25,31);(H,6,7)/t18-;/m0./s1. The normalized spacial score (nSPS) is 19.0. The quantitative estimate of drug-likeness (QED) is 0.260. The second kappa shape index (κ2) is 13.8. The van der Waals surface area contributed by atoms with E-state index in [0.717, 1.165) is 18.9 Å². The van der Waals surface area contributed by atoms with E-state index < -0.39 is 57.3 Å². The fourth-order valence-electron chi connectivity index (χ4n) is 4.58. The van der Waals surface area contributed by atoms with Gasteiger partial charge in [0.15, 0.2) is 11.8 Å². The molecule has 1 saturated carbocycles. The summed E-state index contributed by atoms with van der Waals surface area (Å²) in [6.45, 7) is -1.42. The summed E-state index contributed by atoms with van der Waals surface area (Å²) < 4.78 is 91.4. The summed E-state index contributed by atoms with van der Waals surface area (Å²) in [6.07, 6.45) is -1.49. The maximum absolute atomic E-state index is 13.3. The van der Waals surface area contributed by atoms with Gasteiger partial charge < -0.3 is 25.4 Å². The van der Waals surface area contributed by atoms with Gasteiger partial charge in [-0.3, -0.25) is 19.3 Å². The highest BCUT2D eigenvalue weighted by atomic mass is 32.2. The summed E-state index contributed by atoms with van der Waals surface area (Å²) >= 11 is 0. The lowest BCUT2D eigenvalue weighted by Gasteiger charge is -2.36. The van der Waals surface area contributed by atoms with Crippen LogP contribution in [-0.4, -0.2) is 105 Å². The number of carboxylic acid groups (broad SMARTS) is 1. The number of carbonyl (C=O) groups excluding carboxylic acids is 3. The molecule has 1 aromatic rings. The number of halogens is 5. The number of carbonyl (C=O) groups is 4. The lowest BCUT2D eigenvalue weighted by atomic mass is 10.1. The zero-order valence-corrected chi connectivity index (χ0v) is 23.4. The van der Waals surface area contributed by atoms with E-state index in [1.165, 1.54) is 21.9 Å². The molecule has 43 heavy (non-hydrogen) atoms. The number of piperidine rings is 1. The summed E-state index contributed by atoms with van der Waals surface area (Å²) in [7, 11) is -4.76. The number of piperazine rings is 1. The average Bonchev–Trinajstić information content (AvgIpc) is 3.77. The molecular weight excluding hydrogens is 613 g/mol. The minimum Gasteiger partial charge on any atom is -0.475 e. The van der Waals surface area contributed by atoms with Crippen LogP contribution in [0, 0.1) is 0 Å². The Morgan fingerprint density at radius 1 is 1.05 bits per heavy atom. The number of aliphatic carboxylic acids is 1. The van der Waals surface area contributed by atoms with Crippen molar-refractivity contribution < 1.29 is 59.4 Å². The van der Waals surface area contributed by atoms with Crippen LogP contribution in [0.25, 0.3) is 0 Å². The average molecular weight is 644 g/mol. The number of nitrogens with two attached hydrogens (primary N) is 1. The Labute approximate surface area is 242 Å². The maximum atomic E-state index is 13.3. The zero-order valence-electron chi connectivity index (χ0n) is 22.6. The van der Waals surface area contributed by atoms with Crippen LogP contribution in [0.4, 0.5) is 27.6 Å². The summed E-state index contributed by atoms with van der Waals surface area (Å²) in [5.74, 6) is -5.91. The number of hydrogen-bond acceptors (Lipinski definition) is 8. The number of hydrogen-bond donors (Lipinski definition) is 3. The number of sulfonamides is 1. The van der Waals surface area contributed by atoms with E-state index in [0.29, 0.717) is 45.1 Å². The van der Waals surface area contributed by atoms with Gasteiger partial charge in [-0.1, -0.05) is 6.07 Å². The lowest BCUT2D eigenvalue weighted by molar-refractivity contribution is -0.192. The molecule has 2 aliphatic heterocycles. The molecule has 0 unspecified atom stereocenters. The van der Waals surface area contributed by atoms with Gasteiger partial charge in [-0.2, -0.15) is 26.7 Å². The Kier molecular flexibility index (Phi) is 10.9. The SMILES string of the molecule is NC(=O)[C@H](NS(=O)(=O)c1cccc(N2CCCCC2=O)c1OC(F)F)C(=O)N1CCN(C2CC2)CC1.O=C(O)C(F)(F)F. The summed E-state index contributed by atoms with van der Waals surface area (Å²) in [5, 5.41) is 7.12. The summed E-state index contributed by atoms with van der Waals surface area (Å²) in [5.41, 5.74) is 5.23. The number of ether oxygens (including phenoxy) is 1. The second-order valence-corrected chi connectivity index (χ2v) is 11.5. The number of para-hydroxylation sites is 1. The number of anilines is 1. The molecule has 3 fully saturated rings. The number of primary amides is 1. The van der Waals surface area contributed by atoms with Crippen LogP contribution >= 0.6 is 0 Å². The Balaban J connectivity index is 0.000000646. The van der Waals surface area contributed by atoms with Gasteiger partial charge in [0.25, 0.3) is 5.91 Å². The Morgan fingerprint density at radius 3 is 2.14 bits per heavy atom. The molecule has 2 saturated heterocycles. The summed E-state index contributed by atoms with van der Waals surface area (Å²) in [6, 6.07) is 2.12. The molecule has 0 radical (unpaired) electrons. The number of benzene rings is 1. The molecule has 4 rings (SSSR count). The topological polar surface area (TPSA) is 180 Å². The van der Waals surface area contributed by atoms with Gasteiger partial charge in [-0.15, -0.1) is 0 Å². The van der Waals surface area contributed by atoms with E-state index in [4.69, 9.17) is 15.6 Å². The number of amides is 3. The first kappa shape index (κ1) is 33.9. The van der Waals surface area contributed by atoms with Crippen LogP contribution < -0.4 is 20.1 Å². The van der Waals surface area contributed by atoms with Gasteiger partial charge in [0.05, 0.1) is 5.69 Å². The fraction of sp³-hybridized carbons (Fsp3) is 0.583. The Bertz CT molecular complexity index is 1320. The van der Waals surface area contributed by atoms with E-state index in [-0.39, 0.29) is 24.6 Å². The van der Waals surface area contributed by atoms with E-state index in [1.54, 1.807) is 0 Å². The van der Waals surface area contributed by atoms with E-state index in [1.807, 2.05) is 4.72 Å². The molecule has 19 heteroatoms. The molecule has 13 nitrogen and oxygen atoms in total. The van der Waals surface area contributed by atoms with Gasteiger partial charge in [0, 0.05) is 45.2 Å². The van der Waals surface area contributed by atoms with Crippen molar-refractivity contribution in [1.29, 1.82) is 0 Å². The molecule has 3 amide bonds. The monoisotopic (exact) mass is 643 g/mol. The van der Waals surface area contributed by atoms with Gasteiger partial charge in [-0.05, 0) is 37.8 Å². The van der Waals surface area contributed by atoms with Crippen molar-refractivity contribution in [2.45, 2.75) is 61.9 Å². The number of nitrogens with zero attached hydrogens (tertiary/aromatic N) is 3. The number of carboxylic acids is 1. The van der Waals surface area contributed by atoms with Crippen LogP contribution in [0.5, 0.6) is 5.75 Å². The molecule has 0 spiro atoms. The van der Waals surface area contributed by atoms with Gasteiger partial charge in [0.2, 0.25) is 21.8 Å². The largest absolute Gasteiger partial charge is 0.490 e. The molecule has 1 atom stereocenters. The van der Waals surface area contributed by atoms with Crippen LogP contribution in [0.2, 0.25) is 0 Å². The third kappa shape index (κ3) is 8.96. The molecule has 4 N–H and O–H groups in total. The summed E-state index contributed by atoms with van der Waals surface area (Å²) in [4.78, 5) is 50.5. The molecular formula is C24H30F5N5O8S. The van der Waals surface area contributed by atoms with Crippen LogP contribution in [0.3, 0.4) is 0 Å². The van der Waals surface area contributed by atoms with Crippen molar-refractivity contribution in [2.75, 3.05) is 37.6 Å². The molecule has 3 aliphatic rings. The van der Waals surface area contributed by atoms with Crippen LogP contribution in [0.1, 0.15) is 32.1 Å². The van der Waals surface area contributed by atoms with Crippen molar-refractivity contribution in [3.8, 4) is 5.75 Å². The van der Waals surface area contributed by atoms with E-state index >= 15 is 0 Å². The van der Waals surface area contributed by atoms with E-state index in [9.17, 15) is 44.8 Å². The molecule has 240 valence electrons. The Morgan fingerprint density at radius 2 is 1.65 bits per heavy atom. The maximum Gasteiger partial charge on any atom is 0.490 e. The number of alkyl halides is 5. The lowest BCUT2D eigenvalue weighted by Crippen LogP contribution is -2.58. The van der Waals surface area contributed by atoms with Crippen molar-refractivity contribution >= 4 is 39.4 Å². The van der Waals surface area contributed by atoms with Crippen molar-refractivity contribution in [1.82, 2.24) is 14.5 Å². The van der Waals surface area contributed by atoms with Crippen molar-refractivity contribution in [2.24, 2.45) is 5.73 Å². The first-order chi connectivity index (χ1) is 20.0. The number of rotatable bonds is 9. The predicted octanol–water partition coefficient (Wildman–Crippen LogP) is 0.877.